The number of aliphatic hydroxyl groups excluding tert-OH is 1. The zero-order valence-electron chi connectivity index (χ0n) is 12.7. The van der Waals surface area contributed by atoms with Gasteiger partial charge in [-0.15, -0.1) is 0 Å². The summed E-state index contributed by atoms with van der Waals surface area (Å²) in [5.74, 6) is 1.38. The van der Waals surface area contributed by atoms with E-state index in [2.05, 4.69) is 26.0 Å². The Kier molecular flexibility index (Phi) is 3.76. The molecule has 20 heavy (non-hydrogen) atoms. The molecule has 1 aromatic rings. The Labute approximate surface area is 122 Å². The molecule has 2 nitrogen and oxygen atoms in total. The number of rotatable bonds is 2. The third kappa shape index (κ3) is 2.58. The van der Waals surface area contributed by atoms with Crippen molar-refractivity contribution in [3.8, 4) is 5.75 Å². The van der Waals surface area contributed by atoms with E-state index in [1.54, 1.807) is 0 Å². The highest BCUT2D eigenvalue weighted by atomic mass is 16.5. The number of benzene rings is 1. The van der Waals surface area contributed by atoms with E-state index < -0.39 is 0 Å². The second-order valence-electron chi connectivity index (χ2n) is 7.10. The smallest absolute Gasteiger partial charge is 0.122 e. The van der Waals surface area contributed by atoms with Gasteiger partial charge in [-0.3, -0.25) is 0 Å². The summed E-state index contributed by atoms with van der Waals surface area (Å²) in [6.45, 7) is 5.44. The Hall–Kier alpha value is -1.02. The molecule has 1 heterocycles. The fourth-order valence-corrected chi connectivity index (χ4v) is 3.90. The van der Waals surface area contributed by atoms with E-state index in [1.807, 2.05) is 6.07 Å². The second-order valence-corrected chi connectivity index (χ2v) is 7.10. The van der Waals surface area contributed by atoms with Gasteiger partial charge in [0.2, 0.25) is 0 Å². The van der Waals surface area contributed by atoms with Gasteiger partial charge < -0.3 is 9.84 Å². The molecule has 2 unspecified atom stereocenters. The van der Waals surface area contributed by atoms with Crippen molar-refractivity contribution in [2.75, 3.05) is 6.61 Å². The molecule has 0 spiro atoms. The standard InChI is InChI=1S/C18H26O2/c1-18(2)10-4-3-7-15(18)17(19)14-8-9-16-13(12-14)6-5-11-20-16/h8-9,12,15,17,19H,3-7,10-11H2,1-2H3. The first-order valence-corrected chi connectivity index (χ1v) is 8.02. The molecule has 1 aliphatic carbocycles. The van der Waals surface area contributed by atoms with Crippen molar-refractivity contribution < 1.29 is 9.84 Å². The SMILES string of the molecule is CC1(C)CCCCC1C(O)c1ccc2c(c1)CCCO2. The van der Waals surface area contributed by atoms with Crippen LogP contribution in [0.25, 0.3) is 0 Å². The Morgan fingerprint density at radius 1 is 1.25 bits per heavy atom. The van der Waals surface area contributed by atoms with Gasteiger partial charge in [0.25, 0.3) is 0 Å². The molecule has 0 aromatic heterocycles. The number of ether oxygens (including phenoxy) is 1. The normalized spacial score (nSPS) is 26.4. The zero-order chi connectivity index (χ0) is 14.2. The van der Waals surface area contributed by atoms with Gasteiger partial charge in [-0.25, -0.2) is 0 Å². The molecule has 1 N–H and O–H groups in total. The van der Waals surface area contributed by atoms with Crippen LogP contribution in [0.2, 0.25) is 0 Å². The van der Waals surface area contributed by atoms with Crippen LogP contribution >= 0.6 is 0 Å². The molecule has 2 heteroatoms. The van der Waals surface area contributed by atoms with Crippen LogP contribution in [-0.4, -0.2) is 11.7 Å². The quantitative estimate of drug-likeness (QED) is 0.873. The Bertz CT molecular complexity index is 478. The minimum atomic E-state index is -0.336. The van der Waals surface area contributed by atoms with Crippen molar-refractivity contribution in [1.29, 1.82) is 0 Å². The van der Waals surface area contributed by atoms with Crippen LogP contribution in [0.15, 0.2) is 18.2 Å². The van der Waals surface area contributed by atoms with E-state index in [9.17, 15) is 5.11 Å². The number of aryl methyl sites for hydroxylation is 1. The third-order valence-electron chi connectivity index (χ3n) is 5.25. The number of hydrogen-bond acceptors (Lipinski definition) is 2. The summed E-state index contributed by atoms with van der Waals surface area (Å²) in [6.07, 6.45) is 6.74. The lowest BCUT2D eigenvalue weighted by molar-refractivity contribution is 0.00377. The fraction of sp³-hybridized carbons (Fsp3) is 0.667. The number of aliphatic hydroxyl groups is 1. The summed E-state index contributed by atoms with van der Waals surface area (Å²) in [7, 11) is 0. The van der Waals surface area contributed by atoms with Crippen LogP contribution in [0, 0.1) is 11.3 Å². The first-order valence-electron chi connectivity index (χ1n) is 8.02. The van der Waals surface area contributed by atoms with E-state index in [0.29, 0.717) is 5.92 Å². The van der Waals surface area contributed by atoms with Crippen molar-refractivity contribution in [1.82, 2.24) is 0 Å². The highest BCUT2D eigenvalue weighted by Crippen LogP contribution is 2.47. The zero-order valence-corrected chi connectivity index (χ0v) is 12.7. The molecule has 2 atom stereocenters. The van der Waals surface area contributed by atoms with Crippen LogP contribution in [0.4, 0.5) is 0 Å². The number of hydrogen-bond donors (Lipinski definition) is 1. The molecule has 0 radical (unpaired) electrons. The fourth-order valence-electron chi connectivity index (χ4n) is 3.90. The molecule has 110 valence electrons. The van der Waals surface area contributed by atoms with Crippen LogP contribution in [-0.2, 0) is 6.42 Å². The third-order valence-corrected chi connectivity index (χ3v) is 5.25. The minimum Gasteiger partial charge on any atom is -0.493 e. The molecule has 2 aliphatic rings. The largest absolute Gasteiger partial charge is 0.493 e. The van der Waals surface area contributed by atoms with Gasteiger partial charge in [0, 0.05) is 0 Å². The van der Waals surface area contributed by atoms with Gasteiger partial charge in [0.15, 0.2) is 0 Å². The summed E-state index contributed by atoms with van der Waals surface area (Å²) in [6, 6.07) is 6.27. The molecule has 3 rings (SSSR count). The molecule has 0 saturated heterocycles. The van der Waals surface area contributed by atoms with Crippen LogP contribution < -0.4 is 4.74 Å². The molecule has 1 aromatic carbocycles. The maximum Gasteiger partial charge on any atom is 0.122 e. The molecular formula is C18H26O2. The van der Waals surface area contributed by atoms with Crippen molar-refractivity contribution in [3.63, 3.8) is 0 Å². The molecule has 1 aliphatic heterocycles. The van der Waals surface area contributed by atoms with E-state index in [-0.39, 0.29) is 11.5 Å². The summed E-state index contributed by atoms with van der Waals surface area (Å²) in [5, 5.41) is 10.8. The maximum absolute atomic E-state index is 10.8. The van der Waals surface area contributed by atoms with Crippen LogP contribution in [0.3, 0.4) is 0 Å². The van der Waals surface area contributed by atoms with Gasteiger partial charge in [0.05, 0.1) is 12.7 Å². The topological polar surface area (TPSA) is 29.5 Å². The summed E-state index contributed by atoms with van der Waals surface area (Å²) < 4.78 is 5.66. The van der Waals surface area contributed by atoms with E-state index in [4.69, 9.17) is 4.74 Å². The molecule has 0 bridgehead atoms. The lowest BCUT2D eigenvalue weighted by atomic mass is 9.65. The highest BCUT2D eigenvalue weighted by molar-refractivity contribution is 5.39. The van der Waals surface area contributed by atoms with Crippen molar-refractivity contribution in [2.45, 2.75) is 58.5 Å². The van der Waals surface area contributed by atoms with Crippen LogP contribution in [0.5, 0.6) is 5.75 Å². The lowest BCUT2D eigenvalue weighted by Gasteiger charge is -2.41. The minimum absolute atomic E-state index is 0.240. The maximum atomic E-state index is 10.8. The van der Waals surface area contributed by atoms with Crippen molar-refractivity contribution in [2.24, 2.45) is 11.3 Å². The van der Waals surface area contributed by atoms with Gasteiger partial charge in [0.1, 0.15) is 5.75 Å². The predicted molar refractivity (Wildman–Crippen MR) is 81.0 cm³/mol. The monoisotopic (exact) mass is 274 g/mol. The lowest BCUT2D eigenvalue weighted by Crippen LogP contribution is -2.32. The second kappa shape index (κ2) is 5.40. The van der Waals surface area contributed by atoms with Crippen molar-refractivity contribution in [3.05, 3.63) is 29.3 Å². The summed E-state index contributed by atoms with van der Waals surface area (Å²) >= 11 is 0. The first kappa shape index (κ1) is 13.9. The summed E-state index contributed by atoms with van der Waals surface area (Å²) in [4.78, 5) is 0. The molecule has 1 fully saturated rings. The van der Waals surface area contributed by atoms with E-state index in [1.165, 1.54) is 24.8 Å². The molecular weight excluding hydrogens is 248 g/mol. The molecule has 0 amide bonds. The van der Waals surface area contributed by atoms with Gasteiger partial charge in [-0.1, -0.05) is 32.8 Å². The van der Waals surface area contributed by atoms with Gasteiger partial charge in [-0.2, -0.15) is 0 Å². The highest BCUT2D eigenvalue weighted by Gasteiger charge is 2.37. The van der Waals surface area contributed by atoms with E-state index >= 15 is 0 Å². The summed E-state index contributed by atoms with van der Waals surface area (Å²) in [5.41, 5.74) is 2.58. The van der Waals surface area contributed by atoms with Gasteiger partial charge >= 0.3 is 0 Å². The Morgan fingerprint density at radius 3 is 2.90 bits per heavy atom. The average molecular weight is 274 g/mol. The van der Waals surface area contributed by atoms with E-state index in [0.717, 1.165) is 37.2 Å². The van der Waals surface area contributed by atoms with Crippen LogP contribution in [0.1, 0.15) is 63.2 Å². The van der Waals surface area contributed by atoms with Gasteiger partial charge in [-0.05, 0) is 60.3 Å². The Balaban J connectivity index is 1.84. The predicted octanol–water partition coefficient (Wildman–Crippen LogP) is 4.26. The number of fused-ring (bicyclic) bond motifs is 1. The van der Waals surface area contributed by atoms with Crippen molar-refractivity contribution >= 4 is 0 Å². The molecule has 1 saturated carbocycles. The first-order chi connectivity index (χ1) is 9.58. The average Bonchev–Trinajstić information content (AvgIpc) is 2.45. The Morgan fingerprint density at radius 2 is 2.10 bits per heavy atom.